The summed E-state index contributed by atoms with van der Waals surface area (Å²) in [7, 11) is 1.41. The summed E-state index contributed by atoms with van der Waals surface area (Å²) in [5.41, 5.74) is 5.63. The van der Waals surface area contributed by atoms with E-state index in [9.17, 15) is 9.18 Å². The molecule has 88 valence electrons. The highest BCUT2D eigenvalue weighted by atomic mass is 19.1. The normalized spacial score (nSPS) is 10.2. The molecule has 0 unspecified atom stereocenters. The molecule has 1 aromatic carbocycles. The largest absolute Gasteiger partial charge is 0.497 e. The van der Waals surface area contributed by atoms with Gasteiger partial charge in [-0.3, -0.25) is 4.79 Å². The SMILES string of the molecule is COc1cc(F)cc(-c2n[nH]nc2C(N)=O)c1. The Bertz CT molecular complexity index is 567. The van der Waals surface area contributed by atoms with E-state index in [4.69, 9.17) is 10.5 Å². The van der Waals surface area contributed by atoms with Gasteiger partial charge in [0.05, 0.1) is 7.11 Å². The quantitative estimate of drug-likeness (QED) is 0.820. The van der Waals surface area contributed by atoms with Gasteiger partial charge in [-0.15, -0.1) is 0 Å². The van der Waals surface area contributed by atoms with Crippen molar-refractivity contribution in [3.8, 4) is 17.0 Å². The summed E-state index contributed by atoms with van der Waals surface area (Å²) in [6.45, 7) is 0. The summed E-state index contributed by atoms with van der Waals surface area (Å²) in [5, 5.41) is 9.64. The van der Waals surface area contributed by atoms with Gasteiger partial charge in [0.2, 0.25) is 0 Å². The highest BCUT2D eigenvalue weighted by Gasteiger charge is 2.16. The standard InChI is InChI=1S/C10H9FN4O2/c1-17-7-3-5(2-6(11)4-7)8-9(10(12)16)14-15-13-8/h2-4H,1H3,(H2,12,16)(H,13,14,15). The molecule has 0 bridgehead atoms. The fourth-order valence-corrected chi connectivity index (χ4v) is 1.42. The molecule has 0 aliphatic heterocycles. The summed E-state index contributed by atoms with van der Waals surface area (Å²) in [6, 6.07) is 3.97. The number of hydrogen-bond acceptors (Lipinski definition) is 4. The lowest BCUT2D eigenvalue weighted by Gasteiger charge is -2.03. The summed E-state index contributed by atoms with van der Waals surface area (Å²) in [5.74, 6) is -0.923. The molecular weight excluding hydrogens is 227 g/mol. The fraction of sp³-hybridized carbons (Fsp3) is 0.100. The molecule has 0 spiro atoms. The molecule has 0 aliphatic rings. The molecule has 0 saturated heterocycles. The molecule has 17 heavy (non-hydrogen) atoms. The smallest absolute Gasteiger partial charge is 0.271 e. The average Bonchev–Trinajstić information content (AvgIpc) is 2.77. The van der Waals surface area contributed by atoms with Crippen LogP contribution in [0, 0.1) is 5.82 Å². The highest BCUT2D eigenvalue weighted by molar-refractivity contribution is 5.96. The third-order valence-corrected chi connectivity index (χ3v) is 2.16. The number of primary amides is 1. The molecule has 6 nitrogen and oxygen atoms in total. The monoisotopic (exact) mass is 236 g/mol. The number of H-pyrrole nitrogens is 1. The molecule has 7 heteroatoms. The first kappa shape index (κ1) is 11.1. The fourth-order valence-electron chi connectivity index (χ4n) is 1.42. The molecule has 1 aromatic heterocycles. The van der Waals surface area contributed by atoms with Crippen LogP contribution in [-0.2, 0) is 0 Å². The van der Waals surface area contributed by atoms with Crippen LogP contribution < -0.4 is 10.5 Å². The van der Waals surface area contributed by atoms with Gasteiger partial charge < -0.3 is 10.5 Å². The van der Waals surface area contributed by atoms with E-state index < -0.39 is 11.7 Å². The summed E-state index contributed by atoms with van der Waals surface area (Å²) in [4.78, 5) is 11.1. The zero-order chi connectivity index (χ0) is 12.4. The van der Waals surface area contributed by atoms with Crippen LogP contribution in [0.25, 0.3) is 11.3 Å². The molecule has 0 aliphatic carbocycles. The maximum atomic E-state index is 13.3. The van der Waals surface area contributed by atoms with E-state index in [1.165, 1.54) is 25.3 Å². The van der Waals surface area contributed by atoms with Crippen molar-refractivity contribution < 1.29 is 13.9 Å². The number of ether oxygens (including phenoxy) is 1. The number of carbonyl (C=O) groups is 1. The molecule has 0 radical (unpaired) electrons. The third kappa shape index (κ3) is 2.07. The van der Waals surface area contributed by atoms with Crippen LogP contribution in [0.1, 0.15) is 10.5 Å². The average molecular weight is 236 g/mol. The van der Waals surface area contributed by atoms with E-state index in [1.54, 1.807) is 0 Å². The predicted octanol–water partition coefficient (Wildman–Crippen LogP) is 0.718. The minimum Gasteiger partial charge on any atom is -0.497 e. The number of carbonyl (C=O) groups excluding carboxylic acids is 1. The Labute approximate surface area is 95.6 Å². The van der Waals surface area contributed by atoms with Gasteiger partial charge in [0, 0.05) is 11.6 Å². The van der Waals surface area contributed by atoms with E-state index >= 15 is 0 Å². The van der Waals surface area contributed by atoms with E-state index in [-0.39, 0.29) is 11.4 Å². The summed E-state index contributed by atoms with van der Waals surface area (Å²) in [6.07, 6.45) is 0. The molecule has 2 rings (SSSR count). The zero-order valence-corrected chi connectivity index (χ0v) is 8.90. The molecule has 0 fully saturated rings. The Morgan fingerprint density at radius 3 is 2.82 bits per heavy atom. The van der Waals surface area contributed by atoms with Gasteiger partial charge in [-0.1, -0.05) is 0 Å². The summed E-state index contributed by atoms with van der Waals surface area (Å²) < 4.78 is 18.2. The Balaban J connectivity index is 2.56. The zero-order valence-electron chi connectivity index (χ0n) is 8.90. The van der Waals surface area contributed by atoms with Crippen molar-refractivity contribution in [2.24, 2.45) is 5.73 Å². The minimum atomic E-state index is -0.739. The van der Waals surface area contributed by atoms with Crippen LogP contribution in [0.2, 0.25) is 0 Å². The molecule has 2 aromatic rings. The number of aromatic amines is 1. The lowest BCUT2D eigenvalue weighted by molar-refractivity contribution is 0.0996. The number of methoxy groups -OCH3 is 1. The van der Waals surface area contributed by atoms with Crippen LogP contribution in [0.5, 0.6) is 5.75 Å². The maximum absolute atomic E-state index is 13.3. The van der Waals surface area contributed by atoms with E-state index in [1.807, 2.05) is 0 Å². The number of nitrogens with two attached hydrogens (primary N) is 1. The first-order chi connectivity index (χ1) is 8.11. The Morgan fingerprint density at radius 1 is 1.41 bits per heavy atom. The maximum Gasteiger partial charge on any atom is 0.271 e. The molecule has 1 heterocycles. The number of benzene rings is 1. The van der Waals surface area contributed by atoms with Gasteiger partial charge in [0.25, 0.3) is 5.91 Å². The Hall–Kier alpha value is -2.44. The van der Waals surface area contributed by atoms with Gasteiger partial charge in [-0.25, -0.2) is 4.39 Å². The van der Waals surface area contributed by atoms with Crippen molar-refractivity contribution in [2.45, 2.75) is 0 Å². The van der Waals surface area contributed by atoms with E-state index in [0.717, 1.165) is 0 Å². The third-order valence-electron chi connectivity index (χ3n) is 2.16. The lowest BCUT2D eigenvalue weighted by Crippen LogP contribution is -2.12. The first-order valence-electron chi connectivity index (χ1n) is 4.67. The number of nitrogens with one attached hydrogen (secondary N) is 1. The van der Waals surface area contributed by atoms with Gasteiger partial charge >= 0.3 is 0 Å². The second-order valence-corrected chi connectivity index (χ2v) is 3.26. The van der Waals surface area contributed by atoms with Crippen LogP contribution in [0.3, 0.4) is 0 Å². The van der Waals surface area contributed by atoms with Crippen molar-refractivity contribution in [3.63, 3.8) is 0 Å². The van der Waals surface area contributed by atoms with Crippen molar-refractivity contribution >= 4 is 5.91 Å². The second-order valence-electron chi connectivity index (χ2n) is 3.26. The molecule has 0 atom stereocenters. The molecule has 0 saturated carbocycles. The van der Waals surface area contributed by atoms with Gasteiger partial charge in [-0.05, 0) is 12.1 Å². The molecule has 1 amide bonds. The minimum absolute atomic E-state index is 0.0438. The molecule has 3 N–H and O–H groups in total. The number of amides is 1. The Morgan fingerprint density at radius 2 is 2.18 bits per heavy atom. The van der Waals surface area contributed by atoms with Gasteiger partial charge in [0.15, 0.2) is 5.69 Å². The number of hydrogen-bond donors (Lipinski definition) is 2. The predicted molar refractivity (Wildman–Crippen MR) is 56.8 cm³/mol. The number of nitrogens with zero attached hydrogens (tertiary/aromatic N) is 2. The number of rotatable bonds is 3. The highest BCUT2D eigenvalue weighted by Crippen LogP contribution is 2.25. The lowest BCUT2D eigenvalue weighted by atomic mass is 10.1. The summed E-state index contributed by atoms with van der Waals surface area (Å²) >= 11 is 0. The van der Waals surface area contributed by atoms with Crippen molar-refractivity contribution in [1.82, 2.24) is 15.4 Å². The molecular formula is C10H9FN4O2. The van der Waals surface area contributed by atoms with E-state index in [0.29, 0.717) is 11.3 Å². The van der Waals surface area contributed by atoms with Crippen molar-refractivity contribution in [3.05, 3.63) is 29.7 Å². The van der Waals surface area contributed by atoms with Crippen molar-refractivity contribution in [2.75, 3.05) is 7.11 Å². The van der Waals surface area contributed by atoms with Crippen LogP contribution >= 0.6 is 0 Å². The topological polar surface area (TPSA) is 93.9 Å². The van der Waals surface area contributed by atoms with Crippen LogP contribution in [-0.4, -0.2) is 28.4 Å². The first-order valence-corrected chi connectivity index (χ1v) is 4.67. The van der Waals surface area contributed by atoms with Crippen LogP contribution in [0.15, 0.2) is 18.2 Å². The van der Waals surface area contributed by atoms with Crippen LogP contribution in [0.4, 0.5) is 4.39 Å². The van der Waals surface area contributed by atoms with Crippen molar-refractivity contribution in [1.29, 1.82) is 0 Å². The second kappa shape index (κ2) is 4.20. The Kier molecular flexibility index (Phi) is 2.73. The number of aromatic nitrogens is 3. The van der Waals surface area contributed by atoms with E-state index in [2.05, 4.69) is 15.4 Å². The number of halogens is 1. The van der Waals surface area contributed by atoms with Gasteiger partial charge in [-0.2, -0.15) is 15.4 Å². The van der Waals surface area contributed by atoms with Gasteiger partial charge in [0.1, 0.15) is 17.3 Å².